The molecule has 0 heterocycles. The van der Waals surface area contributed by atoms with Gasteiger partial charge in [-0.15, -0.1) is 0 Å². The first-order valence-electron chi connectivity index (χ1n) is 5.07. The van der Waals surface area contributed by atoms with Gasteiger partial charge in [0.15, 0.2) is 0 Å². The van der Waals surface area contributed by atoms with Gasteiger partial charge in [0.25, 0.3) is 0 Å². The van der Waals surface area contributed by atoms with Crippen LogP contribution in [0.5, 0.6) is 0 Å². The summed E-state index contributed by atoms with van der Waals surface area (Å²) >= 11 is 0.810. The van der Waals surface area contributed by atoms with Crippen molar-refractivity contribution in [2.24, 2.45) is 0 Å². The van der Waals surface area contributed by atoms with Crippen molar-refractivity contribution in [1.82, 2.24) is 0 Å². The van der Waals surface area contributed by atoms with E-state index in [9.17, 15) is 0 Å². The third-order valence-electron chi connectivity index (χ3n) is 2.60. The molecule has 2 aromatic carbocycles. The van der Waals surface area contributed by atoms with Gasteiger partial charge < -0.3 is 0 Å². The van der Waals surface area contributed by atoms with Gasteiger partial charge in [-0.2, -0.15) is 0 Å². The summed E-state index contributed by atoms with van der Waals surface area (Å²) in [7, 11) is 0. The van der Waals surface area contributed by atoms with Crippen molar-refractivity contribution >= 4 is 59.7 Å². The molecule has 0 fully saturated rings. The van der Waals surface area contributed by atoms with Crippen LogP contribution in [-0.2, 0) is -0.490 Å². The van der Waals surface area contributed by atoms with E-state index in [0.29, 0.717) is -0.490 Å². The van der Waals surface area contributed by atoms with Crippen molar-refractivity contribution in [3.63, 3.8) is 0 Å². The molecular formula is C13H13K. The van der Waals surface area contributed by atoms with Gasteiger partial charge in [-0.1, -0.05) is 0 Å². The molecule has 0 saturated carbocycles. The Morgan fingerprint density at radius 1 is 0.929 bits per heavy atom. The van der Waals surface area contributed by atoms with Crippen molar-refractivity contribution < 1.29 is 0 Å². The van der Waals surface area contributed by atoms with Crippen LogP contribution in [-0.4, -0.2) is 49.0 Å². The van der Waals surface area contributed by atoms with Crippen LogP contribution in [0.15, 0.2) is 42.5 Å². The Balaban J connectivity index is 2.78. The van der Waals surface area contributed by atoms with Crippen molar-refractivity contribution in [2.75, 3.05) is 0 Å². The molecule has 0 unspecified atom stereocenters. The zero-order valence-electron chi connectivity index (χ0n) is 9.04. The normalized spacial score (nSPS) is 12.0. The van der Waals surface area contributed by atoms with Crippen LogP contribution >= 0.6 is 0 Å². The van der Waals surface area contributed by atoms with Gasteiger partial charge in [-0.3, -0.25) is 0 Å². The zero-order valence-corrected chi connectivity index (χ0v) is 12.2. The molecule has 14 heavy (non-hydrogen) atoms. The summed E-state index contributed by atoms with van der Waals surface area (Å²) in [4.78, 5) is 0. The van der Waals surface area contributed by atoms with Crippen LogP contribution in [0, 0.1) is 0 Å². The molecule has 0 aromatic heterocycles. The minimum absolute atomic E-state index is 0.411. The molecule has 0 aliphatic heterocycles. The van der Waals surface area contributed by atoms with Gasteiger partial charge in [-0.25, -0.2) is 0 Å². The quantitative estimate of drug-likeness (QED) is 0.631. The van der Waals surface area contributed by atoms with Crippen LogP contribution < -0.4 is 0 Å². The van der Waals surface area contributed by atoms with E-state index in [4.69, 9.17) is 0 Å². The molecule has 0 aliphatic carbocycles. The van der Waals surface area contributed by atoms with Gasteiger partial charge in [0, 0.05) is 0 Å². The van der Waals surface area contributed by atoms with Gasteiger partial charge in [0.2, 0.25) is 0 Å². The Morgan fingerprint density at radius 3 is 2.29 bits per heavy atom. The first-order valence-corrected chi connectivity index (χ1v) is 6.63. The fraction of sp³-hybridized carbons (Fsp3) is 0.231. The van der Waals surface area contributed by atoms with E-state index >= 15 is 0 Å². The number of hydrogen-bond donors (Lipinski definition) is 0. The average molecular weight is 208 g/mol. The summed E-state index contributed by atoms with van der Waals surface area (Å²) < 4.78 is 0.411. The van der Waals surface area contributed by atoms with E-state index in [0.717, 1.165) is 49.0 Å². The molecule has 0 amide bonds. The summed E-state index contributed by atoms with van der Waals surface area (Å²) in [6.07, 6.45) is 0. The summed E-state index contributed by atoms with van der Waals surface area (Å²) in [5.41, 5.74) is 1.51. The first kappa shape index (κ1) is 10.8. The Bertz CT molecular complexity index is 447. The predicted molar refractivity (Wildman–Crippen MR) is 62.7 cm³/mol. The summed E-state index contributed by atoms with van der Waals surface area (Å²) in [6.45, 7) is 4.68. The van der Waals surface area contributed by atoms with Crippen LogP contribution in [0.4, 0.5) is 0 Å². The van der Waals surface area contributed by atoms with E-state index in [2.05, 4.69) is 56.3 Å². The van der Waals surface area contributed by atoms with E-state index in [1.807, 2.05) is 0 Å². The maximum absolute atomic E-state index is 2.34. The fourth-order valence-corrected chi connectivity index (χ4v) is 2.56. The van der Waals surface area contributed by atoms with E-state index < -0.39 is 0 Å². The number of rotatable bonds is 1. The number of benzene rings is 2. The molecule has 0 saturated heterocycles. The Hall–Kier alpha value is 0.336. The van der Waals surface area contributed by atoms with Crippen LogP contribution in [0.2, 0.25) is 0 Å². The van der Waals surface area contributed by atoms with Crippen LogP contribution in [0.1, 0.15) is 19.4 Å². The second-order valence-electron chi connectivity index (χ2n) is 4.78. The third kappa shape index (κ3) is 2.12. The Labute approximate surface area is 119 Å². The summed E-state index contributed by atoms with van der Waals surface area (Å²) in [5, 5.41) is 2.79. The maximum atomic E-state index is 2.34. The molecule has 0 spiro atoms. The van der Waals surface area contributed by atoms with Crippen LogP contribution in [0.25, 0.3) is 10.8 Å². The van der Waals surface area contributed by atoms with E-state index in [1.165, 1.54) is 16.3 Å². The second-order valence-corrected chi connectivity index (χ2v) is 8.68. The first-order chi connectivity index (χ1) is 6.59. The molecule has 0 radical (unpaired) electrons. The number of hydrogen-bond acceptors (Lipinski definition) is 0. The topological polar surface area (TPSA) is 0 Å². The second kappa shape index (κ2) is 4.07. The van der Waals surface area contributed by atoms with Crippen molar-refractivity contribution in [3.8, 4) is 0 Å². The Morgan fingerprint density at radius 2 is 1.57 bits per heavy atom. The molecule has 1 heteroatoms. The van der Waals surface area contributed by atoms with Gasteiger partial charge >= 0.3 is 121 Å². The van der Waals surface area contributed by atoms with Gasteiger partial charge in [-0.05, 0) is 0 Å². The molecule has 2 aromatic rings. The summed E-state index contributed by atoms with van der Waals surface area (Å²) in [5.74, 6) is 0. The standard InChI is InChI=1S/C13H13.K/c1-10(2)12-9-5-7-11-6-3-4-8-13(11)12;/h3-9H,1-2H3;. The van der Waals surface area contributed by atoms with Crippen LogP contribution in [0.3, 0.4) is 0 Å². The van der Waals surface area contributed by atoms with Gasteiger partial charge in [0.05, 0.1) is 0 Å². The van der Waals surface area contributed by atoms with Crippen molar-refractivity contribution in [3.05, 3.63) is 48.0 Å². The molecule has 0 bridgehead atoms. The monoisotopic (exact) mass is 208 g/mol. The number of fused-ring (bicyclic) bond motifs is 1. The predicted octanol–water partition coefficient (Wildman–Crippen LogP) is 3.24. The molecule has 0 aliphatic rings. The van der Waals surface area contributed by atoms with Gasteiger partial charge in [0.1, 0.15) is 0 Å². The molecule has 0 nitrogen and oxygen atoms in total. The third-order valence-corrected chi connectivity index (χ3v) is 3.44. The molecule has 0 atom stereocenters. The van der Waals surface area contributed by atoms with Crippen molar-refractivity contribution in [1.29, 1.82) is 0 Å². The molecule has 0 N–H and O–H groups in total. The Kier molecular flexibility index (Phi) is 3.15. The molecule has 66 valence electrons. The molecule has 2 rings (SSSR count). The zero-order chi connectivity index (χ0) is 10.2. The minimum atomic E-state index is 0.411. The average Bonchev–Trinajstić information content (AvgIpc) is 2.15. The molecular weight excluding hydrogens is 195 g/mol. The summed E-state index contributed by atoms with van der Waals surface area (Å²) in [6, 6.07) is 15.3. The van der Waals surface area contributed by atoms with Crippen molar-refractivity contribution in [2.45, 2.75) is 13.4 Å². The van der Waals surface area contributed by atoms with E-state index in [1.54, 1.807) is 0 Å². The fourth-order valence-electron chi connectivity index (χ4n) is 1.88. The van der Waals surface area contributed by atoms with E-state index in [-0.39, 0.29) is 0 Å². The SMILES string of the molecule is C[C](C)([K])c1cccc2ccccc12.